The fourth-order valence-corrected chi connectivity index (χ4v) is 4.00. The predicted octanol–water partition coefficient (Wildman–Crippen LogP) is 8.31. The number of rotatable bonds is 6. The largest absolute Gasteiger partial charge is 0.377 e. The van der Waals surface area contributed by atoms with Crippen molar-refractivity contribution in [3.8, 4) is 0 Å². The molecular weight excluding hydrogens is 376 g/mol. The van der Waals surface area contributed by atoms with E-state index in [0.717, 1.165) is 0 Å². The normalized spacial score (nSPS) is 11.3. The lowest BCUT2D eigenvalue weighted by Gasteiger charge is -2.23. The molecule has 2 aromatic carbocycles. The highest BCUT2D eigenvalue weighted by molar-refractivity contribution is 5.58. The Hall–Kier alpha value is -1.96. The topological polar surface area (TPSA) is 6.48 Å². The van der Waals surface area contributed by atoms with Crippen molar-refractivity contribution in [1.82, 2.24) is 0 Å². The van der Waals surface area contributed by atoms with E-state index in [-0.39, 0.29) is 0 Å². The zero-order valence-corrected chi connectivity index (χ0v) is 22.6. The summed E-state index contributed by atoms with van der Waals surface area (Å²) in [5.41, 5.74) is 9.93. The number of hydrogen-bond acceptors (Lipinski definition) is 2. The standard InChI is InChI=1S/C15H25N.C14H23N/c1-10(2)13-9-14(11(3)4)15(16(6)7)8-12(13)5;1-10(2)12-7-8-14(15(5)6)13(9-12)11(3)4/h8-11H,1-7H3;7-11H,1-6H3. The second-order valence-corrected chi connectivity index (χ2v) is 10.5. The van der Waals surface area contributed by atoms with Gasteiger partial charge in [0.25, 0.3) is 0 Å². The Labute approximate surface area is 193 Å². The van der Waals surface area contributed by atoms with Gasteiger partial charge in [0.1, 0.15) is 0 Å². The van der Waals surface area contributed by atoms with Gasteiger partial charge in [0.05, 0.1) is 0 Å². The Morgan fingerprint density at radius 3 is 1.35 bits per heavy atom. The Kier molecular flexibility index (Phi) is 10.1. The van der Waals surface area contributed by atoms with Gasteiger partial charge < -0.3 is 9.80 Å². The van der Waals surface area contributed by atoms with E-state index in [1.165, 1.54) is 39.2 Å². The number of anilines is 2. The van der Waals surface area contributed by atoms with Crippen LogP contribution in [0, 0.1) is 6.92 Å². The van der Waals surface area contributed by atoms with Crippen LogP contribution in [0.4, 0.5) is 11.4 Å². The number of aryl methyl sites for hydroxylation is 1. The highest BCUT2D eigenvalue weighted by Crippen LogP contribution is 2.32. The van der Waals surface area contributed by atoms with E-state index in [2.05, 4.69) is 131 Å². The number of benzene rings is 2. The smallest absolute Gasteiger partial charge is 0.0399 e. The lowest BCUT2D eigenvalue weighted by atomic mass is 9.90. The summed E-state index contributed by atoms with van der Waals surface area (Å²) in [4.78, 5) is 4.41. The van der Waals surface area contributed by atoms with Crippen LogP contribution in [0.1, 0.15) is 107 Å². The summed E-state index contributed by atoms with van der Waals surface area (Å²) in [6.07, 6.45) is 0. The second kappa shape index (κ2) is 11.6. The van der Waals surface area contributed by atoms with Gasteiger partial charge >= 0.3 is 0 Å². The average molecular weight is 425 g/mol. The molecule has 0 saturated heterocycles. The average Bonchev–Trinajstić information content (AvgIpc) is 2.66. The molecule has 0 aliphatic heterocycles. The third kappa shape index (κ3) is 7.30. The van der Waals surface area contributed by atoms with Crippen LogP contribution in [0.3, 0.4) is 0 Å². The van der Waals surface area contributed by atoms with Gasteiger partial charge in [-0.1, -0.05) is 73.6 Å². The molecular formula is C29H48N2. The maximum Gasteiger partial charge on any atom is 0.0399 e. The predicted molar refractivity (Wildman–Crippen MR) is 143 cm³/mol. The lowest BCUT2D eigenvalue weighted by molar-refractivity contribution is 0.822. The summed E-state index contributed by atoms with van der Waals surface area (Å²) in [6, 6.07) is 11.5. The summed E-state index contributed by atoms with van der Waals surface area (Å²) < 4.78 is 0. The van der Waals surface area contributed by atoms with Crippen LogP contribution in [0.5, 0.6) is 0 Å². The Bertz CT molecular complexity index is 827. The van der Waals surface area contributed by atoms with Gasteiger partial charge in [0.15, 0.2) is 0 Å². The van der Waals surface area contributed by atoms with Gasteiger partial charge in [-0.2, -0.15) is 0 Å². The summed E-state index contributed by atoms with van der Waals surface area (Å²) in [6.45, 7) is 20.3. The van der Waals surface area contributed by atoms with Crippen molar-refractivity contribution in [1.29, 1.82) is 0 Å². The van der Waals surface area contributed by atoms with E-state index in [9.17, 15) is 0 Å². The molecule has 2 rings (SSSR count). The second-order valence-electron chi connectivity index (χ2n) is 10.5. The molecule has 174 valence electrons. The van der Waals surface area contributed by atoms with Gasteiger partial charge in [-0.25, -0.2) is 0 Å². The van der Waals surface area contributed by atoms with E-state index in [0.29, 0.717) is 23.7 Å². The molecule has 0 spiro atoms. The van der Waals surface area contributed by atoms with Crippen LogP contribution in [0.15, 0.2) is 30.3 Å². The van der Waals surface area contributed by atoms with Gasteiger partial charge in [0.2, 0.25) is 0 Å². The Morgan fingerprint density at radius 1 is 0.516 bits per heavy atom. The molecule has 0 atom stereocenters. The zero-order valence-electron chi connectivity index (χ0n) is 22.6. The van der Waals surface area contributed by atoms with Gasteiger partial charge in [-0.05, 0) is 70.5 Å². The minimum atomic E-state index is 0.579. The van der Waals surface area contributed by atoms with Crippen molar-refractivity contribution in [3.05, 3.63) is 58.1 Å². The molecule has 2 heteroatoms. The Balaban J connectivity index is 0.000000311. The van der Waals surface area contributed by atoms with Crippen LogP contribution in [0.25, 0.3) is 0 Å². The fourth-order valence-electron chi connectivity index (χ4n) is 4.00. The minimum absolute atomic E-state index is 0.579. The highest BCUT2D eigenvalue weighted by Gasteiger charge is 2.13. The first-order valence-corrected chi connectivity index (χ1v) is 11.9. The van der Waals surface area contributed by atoms with E-state index in [4.69, 9.17) is 0 Å². The van der Waals surface area contributed by atoms with Crippen LogP contribution in [0.2, 0.25) is 0 Å². The summed E-state index contributed by atoms with van der Waals surface area (Å²) >= 11 is 0. The first-order valence-electron chi connectivity index (χ1n) is 11.9. The minimum Gasteiger partial charge on any atom is -0.377 e. The van der Waals surface area contributed by atoms with Crippen molar-refractivity contribution in [2.45, 2.75) is 86.0 Å². The summed E-state index contributed by atoms with van der Waals surface area (Å²) in [5, 5.41) is 0. The molecule has 0 amide bonds. The first kappa shape index (κ1) is 27.1. The molecule has 0 fully saturated rings. The molecule has 0 bridgehead atoms. The van der Waals surface area contributed by atoms with Crippen molar-refractivity contribution in [3.63, 3.8) is 0 Å². The molecule has 0 saturated carbocycles. The van der Waals surface area contributed by atoms with E-state index in [1.54, 1.807) is 0 Å². The molecule has 2 nitrogen and oxygen atoms in total. The highest BCUT2D eigenvalue weighted by atomic mass is 15.1. The summed E-state index contributed by atoms with van der Waals surface area (Å²) in [5.74, 6) is 2.38. The van der Waals surface area contributed by atoms with Crippen molar-refractivity contribution < 1.29 is 0 Å². The lowest BCUT2D eigenvalue weighted by Crippen LogP contribution is -2.13. The zero-order chi connectivity index (χ0) is 24.0. The van der Waals surface area contributed by atoms with Crippen molar-refractivity contribution in [2.75, 3.05) is 38.0 Å². The van der Waals surface area contributed by atoms with Crippen LogP contribution < -0.4 is 9.80 Å². The van der Waals surface area contributed by atoms with Crippen LogP contribution in [-0.2, 0) is 0 Å². The fraction of sp³-hybridized carbons (Fsp3) is 0.586. The molecule has 0 heterocycles. The SMILES string of the molecule is CC(C)c1ccc(N(C)C)c(C(C)C)c1.Cc1cc(N(C)C)c(C(C)C)cc1C(C)C. The maximum absolute atomic E-state index is 2.39. The van der Waals surface area contributed by atoms with E-state index < -0.39 is 0 Å². The molecule has 0 N–H and O–H groups in total. The van der Waals surface area contributed by atoms with Gasteiger partial charge in [-0.3, -0.25) is 0 Å². The molecule has 0 aliphatic carbocycles. The third-order valence-corrected chi connectivity index (χ3v) is 5.96. The quantitative estimate of drug-likeness (QED) is 0.460. The molecule has 0 unspecified atom stereocenters. The number of hydrogen-bond donors (Lipinski definition) is 0. The van der Waals surface area contributed by atoms with Crippen LogP contribution >= 0.6 is 0 Å². The van der Waals surface area contributed by atoms with Crippen LogP contribution in [-0.4, -0.2) is 28.2 Å². The molecule has 2 aromatic rings. The molecule has 0 aromatic heterocycles. The van der Waals surface area contributed by atoms with Crippen molar-refractivity contribution in [2.24, 2.45) is 0 Å². The van der Waals surface area contributed by atoms with E-state index in [1.807, 2.05) is 0 Å². The molecule has 0 aliphatic rings. The van der Waals surface area contributed by atoms with E-state index >= 15 is 0 Å². The molecule has 0 radical (unpaired) electrons. The van der Waals surface area contributed by atoms with Crippen molar-refractivity contribution >= 4 is 11.4 Å². The molecule has 31 heavy (non-hydrogen) atoms. The Morgan fingerprint density at radius 2 is 0.968 bits per heavy atom. The summed E-state index contributed by atoms with van der Waals surface area (Å²) in [7, 11) is 8.46. The number of nitrogens with zero attached hydrogens (tertiary/aromatic N) is 2. The van der Waals surface area contributed by atoms with Gasteiger partial charge in [-0.15, -0.1) is 0 Å². The first-order chi connectivity index (χ1) is 14.3. The van der Waals surface area contributed by atoms with Gasteiger partial charge in [0, 0.05) is 39.6 Å². The maximum atomic E-state index is 2.39. The third-order valence-electron chi connectivity index (χ3n) is 5.96. The monoisotopic (exact) mass is 424 g/mol.